The molecule has 1 fully saturated rings. The second kappa shape index (κ2) is 6.96. The van der Waals surface area contributed by atoms with Gasteiger partial charge in [0.2, 0.25) is 5.91 Å². The van der Waals surface area contributed by atoms with Crippen LogP contribution in [0.3, 0.4) is 0 Å². The maximum absolute atomic E-state index is 12.3. The third-order valence-corrected chi connectivity index (χ3v) is 4.18. The zero-order valence-corrected chi connectivity index (χ0v) is 12.5. The number of nitrogens with one attached hydrogen (secondary N) is 1. The van der Waals surface area contributed by atoms with Gasteiger partial charge in [-0.05, 0) is 31.6 Å². The Hall–Kier alpha value is -1.00. The minimum Gasteiger partial charge on any atom is -0.325 e. The lowest BCUT2D eigenvalue weighted by Crippen LogP contribution is -2.36. The molecule has 2 unspecified atom stereocenters. The first-order valence-corrected chi connectivity index (χ1v) is 8.21. The number of benzene rings is 1. The molecular formula is C15H22N2OS. The Morgan fingerprint density at radius 1 is 1.32 bits per heavy atom. The number of aryl methyl sites for hydroxylation is 1. The van der Waals surface area contributed by atoms with E-state index in [1.165, 1.54) is 5.56 Å². The second-order valence-corrected chi connectivity index (χ2v) is 5.93. The van der Waals surface area contributed by atoms with Crippen molar-refractivity contribution in [1.82, 2.24) is 10.2 Å². The standard InChI is InChI=1S/C15H22N2OS/c1-12-16-14(15(18)17(12)10-11-19-2)9-8-13-6-4-3-5-7-13/h3-7,12,14,16H,8-11H2,1-2H3. The van der Waals surface area contributed by atoms with E-state index in [0.29, 0.717) is 0 Å². The zero-order valence-electron chi connectivity index (χ0n) is 11.6. The molecule has 1 amide bonds. The van der Waals surface area contributed by atoms with Crippen LogP contribution in [0.2, 0.25) is 0 Å². The number of carbonyl (C=O) groups is 1. The van der Waals surface area contributed by atoms with Gasteiger partial charge >= 0.3 is 0 Å². The number of amides is 1. The molecule has 104 valence electrons. The third-order valence-electron chi connectivity index (χ3n) is 3.59. The molecule has 1 N–H and O–H groups in total. The molecule has 1 aliphatic rings. The van der Waals surface area contributed by atoms with Gasteiger partial charge in [-0.1, -0.05) is 30.3 Å². The van der Waals surface area contributed by atoms with Gasteiger partial charge in [0.25, 0.3) is 0 Å². The lowest BCUT2D eigenvalue weighted by molar-refractivity contribution is -0.129. The molecular weight excluding hydrogens is 256 g/mol. The summed E-state index contributed by atoms with van der Waals surface area (Å²) >= 11 is 1.78. The van der Waals surface area contributed by atoms with Crippen molar-refractivity contribution in [3.63, 3.8) is 0 Å². The monoisotopic (exact) mass is 278 g/mol. The quantitative estimate of drug-likeness (QED) is 0.865. The summed E-state index contributed by atoms with van der Waals surface area (Å²) in [7, 11) is 0. The Morgan fingerprint density at radius 2 is 2.05 bits per heavy atom. The van der Waals surface area contributed by atoms with E-state index >= 15 is 0 Å². The molecule has 1 aromatic carbocycles. The van der Waals surface area contributed by atoms with E-state index in [0.717, 1.165) is 25.1 Å². The summed E-state index contributed by atoms with van der Waals surface area (Å²) in [5.74, 6) is 1.26. The fourth-order valence-electron chi connectivity index (χ4n) is 2.50. The number of thioether (sulfide) groups is 1. The number of rotatable bonds is 6. The molecule has 2 rings (SSSR count). The maximum atomic E-state index is 12.3. The van der Waals surface area contributed by atoms with Crippen molar-refractivity contribution in [3.05, 3.63) is 35.9 Å². The van der Waals surface area contributed by atoms with E-state index in [-0.39, 0.29) is 18.1 Å². The van der Waals surface area contributed by atoms with E-state index in [2.05, 4.69) is 30.6 Å². The summed E-state index contributed by atoms with van der Waals surface area (Å²) in [5.41, 5.74) is 1.30. The first-order chi connectivity index (χ1) is 9.22. The van der Waals surface area contributed by atoms with Crippen LogP contribution in [-0.2, 0) is 11.2 Å². The fourth-order valence-corrected chi connectivity index (χ4v) is 2.88. The molecule has 4 heteroatoms. The smallest absolute Gasteiger partial charge is 0.241 e. The third kappa shape index (κ3) is 3.74. The van der Waals surface area contributed by atoms with Gasteiger partial charge in [-0.15, -0.1) is 0 Å². The summed E-state index contributed by atoms with van der Waals surface area (Å²) < 4.78 is 0. The largest absolute Gasteiger partial charge is 0.325 e. The Labute approximate surface area is 119 Å². The highest BCUT2D eigenvalue weighted by Gasteiger charge is 2.35. The molecule has 0 spiro atoms. The van der Waals surface area contributed by atoms with Crippen molar-refractivity contribution in [3.8, 4) is 0 Å². The Morgan fingerprint density at radius 3 is 2.74 bits per heavy atom. The molecule has 2 atom stereocenters. The lowest BCUT2D eigenvalue weighted by Gasteiger charge is -2.19. The summed E-state index contributed by atoms with van der Waals surface area (Å²) in [5, 5.41) is 3.40. The first-order valence-electron chi connectivity index (χ1n) is 6.81. The molecule has 1 aromatic rings. The second-order valence-electron chi connectivity index (χ2n) is 4.94. The first kappa shape index (κ1) is 14.4. The highest BCUT2D eigenvalue weighted by molar-refractivity contribution is 7.98. The van der Waals surface area contributed by atoms with Gasteiger partial charge in [0.05, 0.1) is 12.2 Å². The van der Waals surface area contributed by atoms with E-state index in [1.54, 1.807) is 11.8 Å². The van der Waals surface area contributed by atoms with Crippen molar-refractivity contribution in [2.45, 2.75) is 32.0 Å². The van der Waals surface area contributed by atoms with Crippen molar-refractivity contribution in [2.24, 2.45) is 0 Å². The van der Waals surface area contributed by atoms with Crippen LogP contribution in [-0.4, -0.2) is 41.6 Å². The summed E-state index contributed by atoms with van der Waals surface area (Å²) in [6, 6.07) is 10.3. The van der Waals surface area contributed by atoms with Crippen LogP contribution in [0.15, 0.2) is 30.3 Å². The number of hydrogen-bond acceptors (Lipinski definition) is 3. The van der Waals surface area contributed by atoms with Crippen LogP contribution in [0.25, 0.3) is 0 Å². The fraction of sp³-hybridized carbons (Fsp3) is 0.533. The average Bonchev–Trinajstić information content (AvgIpc) is 2.70. The molecule has 0 bridgehead atoms. The van der Waals surface area contributed by atoms with Gasteiger partial charge in [0.1, 0.15) is 0 Å². The zero-order chi connectivity index (χ0) is 13.7. The van der Waals surface area contributed by atoms with Gasteiger partial charge in [-0.3, -0.25) is 10.1 Å². The van der Waals surface area contributed by atoms with Crippen LogP contribution in [0, 0.1) is 0 Å². The maximum Gasteiger partial charge on any atom is 0.241 e. The Balaban J connectivity index is 1.86. The molecule has 19 heavy (non-hydrogen) atoms. The molecule has 1 saturated heterocycles. The molecule has 0 radical (unpaired) electrons. The minimum absolute atomic E-state index is 0.0166. The van der Waals surface area contributed by atoms with Gasteiger partial charge in [-0.25, -0.2) is 0 Å². The van der Waals surface area contributed by atoms with E-state index < -0.39 is 0 Å². The summed E-state index contributed by atoms with van der Waals surface area (Å²) in [4.78, 5) is 14.3. The van der Waals surface area contributed by atoms with Crippen molar-refractivity contribution < 1.29 is 4.79 Å². The SMILES string of the molecule is CSCCN1C(=O)C(CCc2ccccc2)NC1C. The lowest BCUT2D eigenvalue weighted by atomic mass is 10.1. The summed E-state index contributed by atoms with van der Waals surface area (Å²) in [6.07, 6.45) is 4.07. The Bertz CT molecular complexity index is 410. The van der Waals surface area contributed by atoms with Crippen molar-refractivity contribution >= 4 is 17.7 Å². The molecule has 1 heterocycles. The predicted octanol–water partition coefficient (Wildman–Crippen LogP) is 2.13. The van der Waals surface area contributed by atoms with Crippen LogP contribution in [0.5, 0.6) is 0 Å². The van der Waals surface area contributed by atoms with Gasteiger partial charge in [0.15, 0.2) is 0 Å². The Kier molecular flexibility index (Phi) is 5.28. The number of nitrogens with zero attached hydrogens (tertiary/aromatic N) is 1. The van der Waals surface area contributed by atoms with E-state index in [4.69, 9.17) is 0 Å². The van der Waals surface area contributed by atoms with Crippen LogP contribution >= 0.6 is 11.8 Å². The molecule has 0 aliphatic carbocycles. The van der Waals surface area contributed by atoms with Crippen molar-refractivity contribution in [1.29, 1.82) is 0 Å². The molecule has 1 aliphatic heterocycles. The normalized spacial score (nSPS) is 23.1. The van der Waals surface area contributed by atoms with E-state index in [9.17, 15) is 4.79 Å². The highest BCUT2D eigenvalue weighted by Crippen LogP contribution is 2.16. The highest BCUT2D eigenvalue weighted by atomic mass is 32.2. The number of hydrogen-bond donors (Lipinski definition) is 1. The van der Waals surface area contributed by atoms with Gasteiger partial charge in [-0.2, -0.15) is 11.8 Å². The molecule has 3 nitrogen and oxygen atoms in total. The van der Waals surface area contributed by atoms with Crippen LogP contribution in [0.1, 0.15) is 18.9 Å². The topological polar surface area (TPSA) is 32.3 Å². The van der Waals surface area contributed by atoms with Crippen molar-refractivity contribution in [2.75, 3.05) is 18.6 Å². The average molecular weight is 278 g/mol. The molecule has 0 saturated carbocycles. The van der Waals surface area contributed by atoms with Crippen LogP contribution < -0.4 is 5.32 Å². The predicted molar refractivity (Wildman–Crippen MR) is 81.2 cm³/mol. The van der Waals surface area contributed by atoms with Gasteiger partial charge in [0, 0.05) is 12.3 Å². The van der Waals surface area contributed by atoms with E-state index in [1.807, 2.05) is 23.1 Å². The van der Waals surface area contributed by atoms with Gasteiger partial charge < -0.3 is 4.90 Å². The molecule has 0 aromatic heterocycles. The number of carbonyl (C=O) groups excluding carboxylic acids is 1. The van der Waals surface area contributed by atoms with Crippen LogP contribution in [0.4, 0.5) is 0 Å². The summed E-state index contributed by atoms with van der Waals surface area (Å²) in [6.45, 7) is 2.91. The minimum atomic E-state index is -0.0166.